The van der Waals surface area contributed by atoms with Gasteiger partial charge in [-0.3, -0.25) is 0 Å². The first-order valence-electron chi connectivity index (χ1n) is 8.15. The highest BCUT2D eigenvalue weighted by Crippen LogP contribution is 2.60. The van der Waals surface area contributed by atoms with E-state index in [0.717, 1.165) is 35.3 Å². The molecule has 4 bridgehead atoms. The first-order valence-corrected chi connectivity index (χ1v) is 8.15. The summed E-state index contributed by atoms with van der Waals surface area (Å²) in [5.41, 5.74) is 8.54. The Morgan fingerprint density at radius 3 is 2.25 bits per heavy atom. The molecule has 0 heterocycles. The Balaban J connectivity index is 1.73. The van der Waals surface area contributed by atoms with Gasteiger partial charge in [-0.25, -0.2) is 0 Å². The minimum Gasteiger partial charge on any atom is -0.496 e. The van der Waals surface area contributed by atoms with Crippen LogP contribution in [-0.2, 0) is 6.54 Å². The van der Waals surface area contributed by atoms with Gasteiger partial charge in [0.2, 0.25) is 0 Å². The Hall–Kier alpha value is -1.02. The predicted octanol–water partition coefficient (Wildman–Crippen LogP) is 3.69. The lowest BCUT2D eigenvalue weighted by Crippen LogP contribution is -2.43. The number of hydrogen-bond donors (Lipinski definition) is 1. The lowest BCUT2D eigenvalue weighted by Gasteiger charge is -2.54. The molecule has 0 unspecified atom stereocenters. The van der Waals surface area contributed by atoms with Gasteiger partial charge in [-0.05, 0) is 78.9 Å². The van der Waals surface area contributed by atoms with E-state index >= 15 is 0 Å². The minimum atomic E-state index is 0.629. The third-order valence-corrected chi connectivity index (χ3v) is 6.12. The molecule has 0 atom stereocenters. The second kappa shape index (κ2) is 4.77. The maximum absolute atomic E-state index is 5.84. The van der Waals surface area contributed by atoms with Crippen LogP contribution in [-0.4, -0.2) is 7.11 Å². The van der Waals surface area contributed by atoms with Crippen LogP contribution in [0.1, 0.15) is 49.1 Å². The smallest absolute Gasteiger partial charge is 0.122 e. The highest BCUT2D eigenvalue weighted by atomic mass is 16.5. The summed E-state index contributed by atoms with van der Waals surface area (Å²) in [5.74, 6) is 5.65. The summed E-state index contributed by atoms with van der Waals surface area (Å²) < 4.78 is 5.66. The second-order valence-corrected chi connectivity index (χ2v) is 7.24. The van der Waals surface area contributed by atoms with Gasteiger partial charge in [0.1, 0.15) is 5.75 Å². The van der Waals surface area contributed by atoms with Crippen LogP contribution < -0.4 is 10.5 Å². The largest absolute Gasteiger partial charge is 0.496 e. The number of benzene rings is 1. The maximum atomic E-state index is 5.84. The van der Waals surface area contributed by atoms with Gasteiger partial charge in [-0.2, -0.15) is 0 Å². The number of hydrogen-bond acceptors (Lipinski definition) is 2. The predicted molar refractivity (Wildman–Crippen MR) is 80.7 cm³/mol. The molecule has 4 aliphatic rings. The van der Waals surface area contributed by atoms with E-state index in [1.54, 1.807) is 7.11 Å². The molecule has 0 aliphatic heterocycles. The first-order chi connectivity index (χ1) is 9.78. The quantitative estimate of drug-likeness (QED) is 0.910. The number of nitrogens with two attached hydrogens (primary N) is 1. The molecule has 0 saturated heterocycles. The van der Waals surface area contributed by atoms with Crippen LogP contribution >= 0.6 is 0 Å². The number of ether oxygens (including phenoxy) is 1. The van der Waals surface area contributed by atoms with Crippen LogP contribution in [0.5, 0.6) is 5.75 Å². The molecule has 0 amide bonds. The van der Waals surface area contributed by atoms with Gasteiger partial charge in [0.25, 0.3) is 0 Å². The van der Waals surface area contributed by atoms with Gasteiger partial charge >= 0.3 is 0 Å². The van der Waals surface area contributed by atoms with Crippen LogP contribution in [0, 0.1) is 23.7 Å². The normalized spacial score (nSPS) is 38.2. The lowest BCUT2D eigenvalue weighted by atomic mass is 9.50. The van der Waals surface area contributed by atoms with Gasteiger partial charge in [-0.15, -0.1) is 0 Å². The molecule has 0 aromatic heterocycles. The molecule has 5 rings (SSSR count). The van der Waals surface area contributed by atoms with Crippen molar-refractivity contribution in [3.63, 3.8) is 0 Å². The van der Waals surface area contributed by atoms with Crippen LogP contribution in [0.2, 0.25) is 0 Å². The van der Waals surface area contributed by atoms with Crippen molar-refractivity contribution in [2.45, 2.75) is 44.6 Å². The fraction of sp³-hybridized carbons (Fsp3) is 0.667. The summed E-state index contributed by atoms with van der Waals surface area (Å²) in [4.78, 5) is 0. The summed E-state index contributed by atoms with van der Waals surface area (Å²) >= 11 is 0. The van der Waals surface area contributed by atoms with Crippen LogP contribution in [0.15, 0.2) is 18.2 Å². The Kier molecular flexibility index (Phi) is 3.03. The first kappa shape index (κ1) is 12.7. The molecule has 4 aliphatic carbocycles. The van der Waals surface area contributed by atoms with E-state index in [0.29, 0.717) is 6.54 Å². The average Bonchev–Trinajstić information content (AvgIpc) is 2.46. The van der Waals surface area contributed by atoms with Gasteiger partial charge in [0, 0.05) is 6.54 Å². The van der Waals surface area contributed by atoms with Crippen molar-refractivity contribution in [1.82, 2.24) is 0 Å². The van der Waals surface area contributed by atoms with Crippen molar-refractivity contribution in [3.05, 3.63) is 29.3 Å². The summed E-state index contributed by atoms with van der Waals surface area (Å²) in [6, 6.07) is 6.56. The maximum Gasteiger partial charge on any atom is 0.122 e. The van der Waals surface area contributed by atoms with E-state index in [1.165, 1.54) is 43.2 Å². The molecular formula is C18H25NO. The van der Waals surface area contributed by atoms with Crippen molar-refractivity contribution in [2.24, 2.45) is 29.4 Å². The monoisotopic (exact) mass is 271 g/mol. The Morgan fingerprint density at radius 2 is 1.70 bits per heavy atom. The fourth-order valence-corrected chi connectivity index (χ4v) is 5.60. The third kappa shape index (κ3) is 1.88. The number of methoxy groups -OCH3 is 1. The van der Waals surface area contributed by atoms with Crippen molar-refractivity contribution < 1.29 is 4.74 Å². The van der Waals surface area contributed by atoms with Gasteiger partial charge in [0.15, 0.2) is 0 Å². The summed E-state index contributed by atoms with van der Waals surface area (Å²) in [6.07, 6.45) is 7.32. The zero-order chi connectivity index (χ0) is 13.7. The molecule has 4 fully saturated rings. The molecule has 2 nitrogen and oxygen atoms in total. The van der Waals surface area contributed by atoms with E-state index in [9.17, 15) is 0 Å². The Labute approximate surface area is 121 Å². The second-order valence-electron chi connectivity index (χ2n) is 7.24. The SMILES string of the molecule is COc1ccc(CN)cc1C1C2CC3CC(C2)CC1C3. The molecule has 1 aromatic carbocycles. The molecule has 0 radical (unpaired) electrons. The topological polar surface area (TPSA) is 35.2 Å². The number of rotatable bonds is 3. The van der Waals surface area contributed by atoms with Crippen molar-refractivity contribution >= 4 is 0 Å². The zero-order valence-electron chi connectivity index (χ0n) is 12.3. The van der Waals surface area contributed by atoms with Crippen LogP contribution in [0.4, 0.5) is 0 Å². The van der Waals surface area contributed by atoms with E-state index in [2.05, 4.69) is 18.2 Å². The highest BCUT2D eigenvalue weighted by molar-refractivity contribution is 5.41. The Morgan fingerprint density at radius 1 is 1.05 bits per heavy atom. The van der Waals surface area contributed by atoms with Crippen molar-refractivity contribution in [1.29, 1.82) is 0 Å². The van der Waals surface area contributed by atoms with E-state index in [4.69, 9.17) is 10.5 Å². The Bertz CT molecular complexity index is 482. The van der Waals surface area contributed by atoms with E-state index < -0.39 is 0 Å². The molecular weight excluding hydrogens is 246 g/mol. The van der Waals surface area contributed by atoms with Crippen molar-refractivity contribution in [3.8, 4) is 5.75 Å². The van der Waals surface area contributed by atoms with Crippen LogP contribution in [0.3, 0.4) is 0 Å². The van der Waals surface area contributed by atoms with Crippen LogP contribution in [0.25, 0.3) is 0 Å². The molecule has 2 N–H and O–H groups in total. The molecule has 4 saturated carbocycles. The third-order valence-electron chi connectivity index (χ3n) is 6.12. The van der Waals surface area contributed by atoms with E-state index in [1.807, 2.05) is 0 Å². The van der Waals surface area contributed by atoms with Gasteiger partial charge in [-0.1, -0.05) is 12.1 Å². The fourth-order valence-electron chi connectivity index (χ4n) is 5.60. The zero-order valence-corrected chi connectivity index (χ0v) is 12.3. The summed E-state index contributed by atoms with van der Waals surface area (Å²) in [6.45, 7) is 0.629. The lowest BCUT2D eigenvalue weighted by molar-refractivity contribution is -0.00349. The molecule has 108 valence electrons. The molecule has 20 heavy (non-hydrogen) atoms. The van der Waals surface area contributed by atoms with E-state index in [-0.39, 0.29) is 0 Å². The summed E-state index contributed by atoms with van der Waals surface area (Å²) in [7, 11) is 1.80. The molecule has 2 heteroatoms. The van der Waals surface area contributed by atoms with Gasteiger partial charge < -0.3 is 10.5 Å². The highest BCUT2D eigenvalue weighted by Gasteiger charge is 2.49. The average molecular weight is 271 g/mol. The molecule has 1 aromatic rings. The summed E-state index contributed by atoms with van der Waals surface area (Å²) in [5, 5.41) is 0. The molecule has 0 spiro atoms. The van der Waals surface area contributed by atoms with Crippen molar-refractivity contribution in [2.75, 3.05) is 7.11 Å². The minimum absolute atomic E-state index is 0.629. The van der Waals surface area contributed by atoms with Gasteiger partial charge in [0.05, 0.1) is 7.11 Å². The standard InChI is InChI=1S/C18H25NO/c1-20-17-3-2-11(10-19)9-16(17)18-14-5-12-4-13(7-14)8-15(18)6-12/h2-3,9,12-15,18H,4-8,10,19H2,1H3.